The molecule has 1 atom stereocenters. The van der Waals surface area contributed by atoms with Crippen molar-refractivity contribution in [3.63, 3.8) is 0 Å². The van der Waals surface area contributed by atoms with Crippen molar-refractivity contribution in [2.75, 3.05) is 0 Å². The van der Waals surface area contributed by atoms with Crippen molar-refractivity contribution in [2.45, 2.75) is 26.8 Å². The van der Waals surface area contributed by atoms with Crippen LogP contribution in [-0.2, 0) is 0 Å². The first-order chi connectivity index (χ1) is 18.9. The molecule has 6 aromatic rings. The van der Waals surface area contributed by atoms with E-state index in [1.165, 1.54) is 0 Å². The standard InChI is InChI=1S/C31H26N6O2/c1-19-15-23(18-32-17-19)25-12-7-9-22-16-26(37(31(39)28(22)25)24-10-5-4-6-11-24)20(2)34-30(38)27-21(3)35-36-14-8-13-33-29(27)36/h4-18,20H,1-3H3,(H,34,38)/t20-/m0/s1. The topological polar surface area (TPSA) is 94.2 Å². The van der Waals surface area contributed by atoms with Crippen LogP contribution in [0.25, 0.3) is 33.2 Å². The van der Waals surface area contributed by atoms with E-state index in [0.29, 0.717) is 33.7 Å². The molecule has 8 heteroatoms. The maximum atomic E-state index is 14.3. The van der Waals surface area contributed by atoms with Gasteiger partial charge in [0.2, 0.25) is 0 Å². The maximum Gasteiger partial charge on any atom is 0.263 e. The number of fused-ring (bicyclic) bond motifs is 2. The lowest BCUT2D eigenvalue weighted by molar-refractivity contribution is 0.0939. The van der Waals surface area contributed by atoms with Crippen molar-refractivity contribution in [1.29, 1.82) is 0 Å². The third-order valence-corrected chi connectivity index (χ3v) is 6.86. The average Bonchev–Trinajstić information content (AvgIpc) is 3.28. The number of hydrogen-bond acceptors (Lipinski definition) is 5. The van der Waals surface area contributed by atoms with Crippen LogP contribution in [0.3, 0.4) is 0 Å². The predicted octanol–water partition coefficient (Wildman–Crippen LogP) is 5.20. The van der Waals surface area contributed by atoms with E-state index in [1.54, 1.807) is 46.9 Å². The molecule has 0 aliphatic rings. The number of amides is 1. The summed E-state index contributed by atoms with van der Waals surface area (Å²) in [7, 11) is 0. The molecule has 192 valence electrons. The lowest BCUT2D eigenvalue weighted by Gasteiger charge is -2.21. The van der Waals surface area contributed by atoms with E-state index >= 15 is 0 Å². The molecular formula is C31H26N6O2. The van der Waals surface area contributed by atoms with E-state index < -0.39 is 6.04 Å². The molecule has 0 bridgehead atoms. The van der Waals surface area contributed by atoms with Gasteiger partial charge < -0.3 is 5.32 Å². The molecule has 39 heavy (non-hydrogen) atoms. The smallest absolute Gasteiger partial charge is 0.263 e. The molecule has 0 saturated carbocycles. The molecule has 0 spiro atoms. The highest BCUT2D eigenvalue weighted by Crippen LogP contribution is 2.29. The lowest BCUT2D eigenvalue weighted by atomic mass is 9.98. The molecule has 0 fully saturated rings. The average molecular weight is 515 g/mol. The highest BCUT2D eigenvalue weighted by molar-refractivity contribution is 6.01. The Morgan fingerprint density at radius 2 is 1.79 bits per heavy atom. The number of benzene rings is 2. The van der Waals surface area contributed by atoms with Gasteiger partial charge in [0, 0.05) is 41.7 Å². The van der Waals surface area contributed by atoms with E-state index in [4.69, 9.17) is 0 Å². The Hall–Kier alpha value is -5.11. The van der Waals surface area contributed by atoms with Crippen LogP contribution in [0.1, 0.15) is 40.3 Å². The zero-order valence-electron chi connectivity index (χ0n) is 21.8. The number of carbonyl (C=O) groups is 1. The van der Waals surface area contributed by atoms with Gasteiger partial charge in [-0.05, 0) is 67.6 Å². The Morgan fingerprint density at radius 1 is 0.974 bits per heavy atom. The van der Waals surface area contributed by atoms with Gasteiger partial charge in [-0.15, -0.1) is 0 Å². The number of nitrogens with zero attached hydrogens (tertiary/aromatic N) is 5. The van der Waals surface area contributed by atoms with Gasteiger partial charge in [0.25, 0.3) is 11.5 Å². The fourth-order valence-electron chi connectivity index (χ4n) is 5.09. The van der Waals surface area contributed by atoms with Gasteiger partial charge in [-0.25, -0.2) is 9.50 Å². The Kier molecular flexibility index (Phi) is 5.99. The molecular weight excluding hydrogens is 488 g/mol. The maximum absolute atomic E-state index is 14.3. The van der Waals surface area contributed by atoms with Gasteiger partial charge in [0.05, 0.1) is 17.1 Å². The van der Waals surface area contributed by atoms with Crippen molar-refractivity contribution in [1.82, 2.24) is 29.5 Å². The second-order valence-corrected chi connectivity index (χ2v) is 9.61. The van der Waals surface area contributed by atoms with Gasteiger partial charge >= 0.3 is 0 Å². The summed E-state index contributed by atoms with van der Waals surface area (Å²) in [5.74, 6) is -0.305. The van der Waals surface area contributed by atoms with Crippen LogP contribution in [0.5, 0.6) is 0 Å². The van der Waals surface area contributed by atoms with E-state index in [0.717, 1.165) is 22.1 Å². The van der Waals surface area contributed by atoms with Crippen molar-refractivity contribution in [2.24, 2.45) is 0 Å². The van der Waals surface area contributed by atoms with E-state index in [2.05, 4.69) is 20.4 Å². The lowest BCUT2D eigenvalue weighted by Crippen LogP contribution is -2.32. The summed E-state index contributed by atoms with van der Waals surface area (Å²) in [5, 5.41) is 8.88. The zero-order valence-corrected chi connectivity index (χ0v) is 21.8. The SMILES string of the molecule is Cc1cncc(-c2cccc3cc([C@H](C)NC(=O)c4c(C)nn5cccnc45)n(-c4ccccc4)c(=O)c23)c1. The van der Waals surface area contributed by atoms with Crippen LogP contribution >= 0.6 is 0 Å². The molecule has 0 saturated heterocycles. The summed E-state index contributed by atoms with van der Waals surface area (Å²) in [6.07, 6.45) is 6.96. The monoisotopic (exact) mass is 514 g/mol. The minimum atomic E-state index is -0.503. The second-order valence-electron chi connectivity index (χ2n) is 9.61. The van der Waals surface area contributed by atoms with Crippen molar-refractivity contribution in [3.05, 3.63) is 124 Å². The van der Waals surface area contributed by atoms with Crippen molar-refractivity contribution in [3.8, 4) is 16.8 Å². The Balaban J connectivity index is 1.52. The van der Waals surface area contributed by atoms with Gasteiger partial charge in [-0.2, -0.15) is 5.10 Å². The summed E-state index contributed by atoms with van der Waals surface area (Å²) in [4.78, 5) is 36.5. The van der Waals surface area contributed by atoms with Crippen LogP contribution in [0, 0.1) is 13.8 Å². The normalized spacial score (nSPS) is 12.1. The van der Waals surface area contributed by atoms with E-state index in [-0.39, 0.29) is 11.5 Å². The third kappa shape index (κ3) is 4.25. The number of pyridine rings is 2. The first-order valence-electron chi connectivity index (χ1n) is 12.7. The van der Waals surface area contributed by atoms with E-state index in [9.17, 15) is 9.59 Å². The molecule has 8 nitrogen and oxygen atoms in total. The second kappa shape index (κ2) is 9.64. The van der Waals surface area contributed by atoms with Crippen LogP contribution in [0.4, 0.5) is 0 Å². The fourth-order valence-corrected chi connectivity index (χ4v) is 5.09. The minimum absolute atomic E-state index is 0.166. The third-order valence-electron chi connectivity index (χ3n) is 6.86. The van der Waals surface area contributed by atoms with Gasteiger partial charge in [-0.1, -0.05) is 36.4 Å². The van der Waals surface area contributed by atoms with E-state index in [1.807, 2.05) is 74.5 Å². The largest absolute Gasteiger partial charge is 0.344 e. The molecule has 0 aliphatic heterocycles. The number of aryl methyl sites for hydroxylation is 2. The van der Waals surface area contributed by atoms with Crippen LogP contribution in [0.15, 0.2) is 96.3 Å². The highest BCUT2D eigenvalue weighted by Gasteiger charge is 2.23. The summed E-state index contributed by atoms with van der Waals surface area (Å²) >= 11 is 0. The number of rotatable bonds is 5. The molecule has 0 radical (unpaired) electrons. The molecule has 1 amide bonds. The Labute approximate surface area is 224 Å². The molecule has 0 unspecified atom stereocenters. The molecule has 1 N–H and O–H groups in total. The fraction of sp³-hybridized carbons (Fsp3) is 0.129. The van der Waals surface area contributed by atoms with Crippen molar-refractivity contribution >= 4 is 22.3 Å². The minimum Gasteiger partial charge on any atom is -0.344 e. The Morgan fingerprint density at radius 3 is 2.59 bits per heavy atom. The first-order valence-corrected chi connectivity index (χ1v) is 12.7. The van der Waals surface area contributed by atoms with Gasteiger partial charge in [0.1, 0.15) is 5.56 Å². The summed E-state index contributed by atoms with van der Waals surface area (Å²) < 4.78 is 3.27. The van der Waals surface area contributed by atoms with Gasteiger partial charge in [-0.3, -0.25) is 19.1 Å². The highest BCUT2D eigenvalue weighted by atomic mass is 16.2. The Bertz CT molecular complexity index is 1920. The summed E-state index contributed by atoms with van der Waals surface area (Å²) in [6.45, 7) is 5.64. The quantitative estimate of drug-likeness (QED) is 0.341. The number of aromatic nitrogens is 5. The number of nitrogens with one attached hydrogen (secondary N) is 1. The predicted molar refractivity (Wildman–Crippen MR) is 151 cm³/mol. The molecule has 6 rings (SSSR count). The molecule has 4 heterocycles. The first kappa shape index (κ1) is 24.2. The summed E-state index contributed by atoms with van der Waals surface area (Å²) in [5.41, 5.74) is 5.38. The number of hydrogen-bond donors (Lipinski definition) is 1. The zero-order chi connectivity index (χ0) is 27.1. The molecule has 0 aliphatic carbocycles. The van der Waals surface area contributed by atoms with Gasteiger partial charge in [0.15, 0.2) is 5.65 Å². The van der Waals surface area contributed by atoms with Crippen LogP contribution < -0.4 is 10.9 Å². The molecule has 4 aromatic heterocycles. The number of para-hydroxylation sites is 1. The summed E-state index contributed by atoms with van der Waals surface area (Å²) in [6, 6.07) is 20.5. The molecule has 2 aromatic carbocycles. The van der Waals surface area contributed by atoms with Crippen LogP contribution in [0.2, 0.25) is 0 Å². The van der Waals surface area contributed by atoms with Crippen molar-refractivity contribution < 1.29 is 4.79 Å². The van der Waals surface area contributed by atoms with Crippen LogP contribution in [-0.4, -0.2) is 30.1 Å². The number of carbonyl (C=O) groups excluding carboxylic acids is 1.